The molecule has 0 saturated heterocycles. The van der Waals surface area contributed by atoms with Crippen LogP contribution in [-0.4, -0.2) is 25.1 Å². The summed E-state index contributed by atoms with van der Waals surface area (Å²) in [6.07, 6.45) is 1.67. The molecule has 72 valence electrons. The van der Waals surface area contributed by atoms with Gasteiger partial charge in [-0.2, -0.15) is 0 Å². The normalized spacial score (nSPS) is 15.0. The molecule has 13 heavy (non-hydrogen) atoms. The SMILES string of the molecule is CNC(C)(C(=O)OC)c1nccs1. The lowest BCUT2D eigenvalue weighted by Crippen LogP contribution is -2.45. The molecule has 0 spiro atoms. The highest BCUT2D eigenvalue weighted by atomic mass is 32.1. The van der Waals surface area contributed by atoms with Gasteiger partial charge in [-0.25, -0.2) is 9.78 Å². The van der Waals surface area contributed by atoms with E-state index in [1.165, 1.54) is 18.4 Å². The molecule has 1 N–H and O–H groups in total. The minimum atomic E-state index is -0.830. The number of hydrogen-bond donors (Lipinski definition) is 1. The molecular weight excluding hydrogens is 188 g/mol. The highest BCUT2D eigenvalue weighted by molar-refractivity contribution is 7.09. The Kier molecular flexibility index (Phi) is 3.00. The molecule has 1 rings (SSSR count). The van der Waals surface area contributed by atoms with Crippen molar-refractivity contribution in [1.82, 2.24) is 10.3 Å². The summed E-state index contributed by atoms with van der Waals surface area (Å²) >= 11 is 1.42. The van der Waals surface area contributed by atoms with Gasteiger partial charge >= 0.3 is 5.97 Å². The summed E-state index contributed by atoms with van der Waals surface area (Å²) in [5, 5.41) is 5.44. The molecule has 0 radical (unpaired) electrons. The number of nitrogens with zero attached hydrogens (tertiary/aromatic N) is 1. The zero-order valence-corrected chi connectivity index (χ0v) is 8.64. The van der Waals surface area contributed by atoms with Gasteiger partial charge in [0.1, 0.15) is 5.01 Å². The molecule has 0 saturated carbocycles. The second-order valence-electron chi connectivity index (χ2n) is 2.70. The number of thiazole rings is 1. The lowest BCUT2D eigenvalue weighted by molar-refractivity contribution is -0.148. The van der Waals surface area contributed by atoms with Gasteiger partial charge < -0.3 is 4.74 Å². The summed E-state index contributed by atoms with van der Waals surface area (Å²) in [4.78, 5) is 15.5. The Morgan fingerprint density at radius 1 is 1.77 bits per heavy atom. The fourth-order valence-electron chi connectivity index (χ4n) is 0.971. The molecule has 0 amide bonds. The van der Waals surface area contributed by atoms with Crippen molar-refractivity contribution < 1.29 is 9.53 Å². The van der Waals surface area contributed by atoms with Gasteiger partial charge in [0.05, 0.1) is 7.11 Å². The first-order valence-corrected chi connectivity index (χ1v) is 4.70. The highest BCUT2D eigenvalue weighted by Crippen LogP contribution is 2.23. The van der Waals surface area contributed by atoms with Crippen LogP contribution in [0.25, 0.3) is 0 Å². The molecule has 0 aromatic carbocycles. The van der Waals surface area contributed by atoms with Crippen molar-refractivity contribution in [3.63, 3.8) is 0 Å². The van der Waals surface area contributed by atoms with Crippen LogP contribution in [0.2, 0.25) is 0 Å². The summed E-state index contributed by atoms with van der Waals surface area (Å²) in [6, 6.07) is 0. The maximum absolute atomic E-state index is 11.4. The van der Waals surface area contributed by atoms with Crippen molar-refractivity contribution in [3.05, 3.63) is 16.6 Å². The summed E-state index contributed by atoms with van der Waals surface area (Å²) in [5.74, 6) is -0.329. The average molecular weight is 200 g/mol. The molecule has 4 nitrogen and oxygen atoms in total. The summed E-state index contributed by atoms with van der Waals surface area (Å²) in [7, 11) is 3.07. The van der Waals surface area contributed by atoms with E-state index in [9.17, 15) is 4.79 Å². The summed E-state index contributed by atoms with van der Waals surface area (Å²) < 4.78 is 4.70. The molecular formula is C8H12N2O2S. The predicted octanol–water partition coefficient (Wildman–Crippen LogP) is 0.751. The van der Waals surface area contributed by atoms with Crippen LogP contribution in [-0.2, 0) is 15.1 Å². The van der Waals surface area contributed by atoms with Crippen LogP contribution in [0.5, 0.6) is 0 Å². The molecule has 1 aromatic heterocycles. The zero-order valence-electron chi connectivity index (χ0n) is 7.83. The fraction of sp³-hybridized carbons (Fsp3) is 0.500. The topological polar surface area (TPSA) is 51.2 Å². The number of nitrogens with one attached hydrogen (secondary N) is 1. The van der Waals surface area contributed by atoms with E-state index in [1.807, 2.05) is 5.38 Å². The Morgan fingerprint density at radius 3 is 2.85 bits per heavy atom. The molecule has 1 atom stereocenters. The third kappa shape index (κ3) is 1.71. The Balaban J connectivity index is 3.01. The van der Waals surface area contributed by atoms with Crippen molar-refractivity contribution in [1.29, 1.82) is 0 Å². The Morgan fingerprint density at radius 2 is 2.46 bits per heavy atom. The number of hydrogen-bond acceptors (Lipinski definition) is 5. The number of carbonyl (C=O) groups excluding carboxylic acids is 1. The van der Waals surface area contributed by atoms with Crippen LogP contribution >= 0.6 is 11.3 Å². The zero-order chi connectivity index (χ0) is 9.90. The number of methoxy groups -OCH3 is 1. The van der Waals surface area contributed by atoms with E-state index >= 15 is 0 Å². The lowest BCUT2D eigenvalue weighted by Gasteiger charge is -2.23. The molecule has 1 unspecified atom stereocenters. The second-order valence-corrected chi connectivity index (χ2v) is 3.60. The molecule has 0 fully saturated rings. The standard InChI is InChI=1S/C8H12N2O2S/c1-8(9-2,7(11)12-3)6-10-4-5-13-6/h4-5,9H,1-3H3. The van der Waals surface area contributed by atoms with Gasteiger partial charge in [-0.05, 0) is 14.0 Å². The van der Waals surface area contributed by atoms with Crippen molar-refractivity contribution in [2.24, 2.45) is 0 Å². The van der Waals surface area contributed by atoms with Crippen LogP contribution in [0.3, 0.4) is 0 Å². The average Bonchev–Trinajstić information content (AvgIpc) is 2.68. The van der Waals surface area contributed by atoms with Gasteiger partial charge in [0.15, 0.2) is 5.54 Å². The Labute approximate surface area is 80.9 Å². The minimum Gasteiger partial charge on any atom is -0.467 e. The van der Waals surface area contributed by atoms with E-state index < -0.39 is 5.54 Å². The number of aromatic nitrogens is 1. The van der Waals surface area contributed by atoms with E-state index in [2.05, 4.69) is 10.3 Å². The van der Waals surface area contributed by atoms with Gasteiger partial charge in [0.2, 0.25) is 0 Å². The molecule has 1 heterocycles. The first kappa shape index (κ1) is 10.1. The quantitative estimate of drug-likeness (QED) is 0.731. The minimum absolute atomic E-state index is 0.329. The van der Waals surface area contributed by atoms with E-state index in [1.54, 1.807) is 20.2 Å². The van der Waals surface area contributed by atoms with Crippen LogP contribution in [0.15, 0.2) is 11.6 Å². The summed E-state index contributed by atoms with van der Waals surface area (Å²) in [5.41, 5.74) is -0.830. The number of likely N-dealkylation sites (N-methyl/N-ethyl adjacent to an activating group) is 1. The highest BCUT2D eigenvalue weighted by Gasteiger charge is 2.37. The Bertz CT molecular complexity index is 286. The third-order valence-electron chi connectivity index (χ3n) is 1.95. The van der Waals surface area contributed by atoms with Gasteiger partial charge in [0, 0.05) is 11.6 Å². The number of carbonyl (C=O) groups is 1. The molecule has 0 bridgehead atoms. The molecule has 1 aromatic rings. The maximum atomic E-state index is 11.4. The monoisotopic (exact) mass is 200 g/mol. The van der Waals surface area contributed by atoms with Crippen molar-refractivity contribution in [3.8, 4) is 0 Å². The van der Waals surface area contributed by atoms with Gasteiger partial charge in [-0.1, -0.05) is 0 Å². The van der Waals surface area contributed by atoms with Crippen molar-refractivity contribution >= 4 is 17.3 Å². The van der Waals surface area contributed by atoms with Crippen molar-refractivity contribution in [2.45, 2.75) is 12.5 Å². The van der Waals surface area contributed by atoms with Gasteiger partial charge in [0.25, 0.3) is 0 Å². The van der Waals surface area contributed by atoms with Crippen molar-refractivity contribution in [2.75, 3.05) is 14.2 Å². The Hall–Kier alpha value is -0.940. The molecule has 0 aliphatic rings. The predicted molar refractivity (Wildman–Crippen MR) is 50.5 cm³/mol. The number of rotatable bonds is 3. The second kappa shape index (κ2) is 3.85. The van der Waals surface area contributed by atoms with Crippen LogP contribution < -0.4 is 5.32 Å². The largest absolute Gasteiger partial charge is 0.467 e. The van der Waals surface area contributed by atoms with Crippen LogP contribution in [0.4, 0.5) is 0 Å². The lowest BCUT2D eigenvalue weighted by atomic mass is 10.0. The smallest absolute Gasteiger partial charge is 0.332 e. The maximum Gasteiger partial charge on any atom is 0.332 e. The molecule has 0 aliphatic heterocycles. The van der Waals surface area contributed by atoms with Crippen LogP contribution in [0.1, 0.15) is 11.9 Å². The van der Waals surface area contributed by atoms with E-state index in [0.29, 0.717) is 5.01 Å². The van der Waals surface area contributed by atoms with Crippen LogP contribution in [0, 0.1) is 0 Å². The van der Waals surface area contributed by atoms with E-state index in [0.717, 1.165) is 0 Å². The summed E-state index contributed by atoms with van der Waals surface area (Å²) in [6.45, 7) is 1.75. The number of esters is 1. The first-order valence-electron chi connectivity index (χ1n) is 3.82. The molecule has 0 aliphatic carbocycles. The van der Waals surface area contributed by atoms with Gasteiger partial charge in [-0.15, -0.1) is 11.3 Å². The first-order chi connectivity index (χ1) is 6.15. The van der Waals surface area contributed by atoms with Gasteiger partial charge in [-0.3, -0.25) is 5.32 Å². The number of ether oxygens (including phenoxy) is 1. The van der Waals surface area contributed by atoms with E-state index in [4.69, 9.17) is 4.74 Å². The fourth-order valence-corrected chi connectivity index (χ4v) is 1.76. The molecule has 5 heteroatoms. The third-order valence-corrected chi connectivity index (χ3v) is 2.95. The van der Waals surface area contributed by atoms with E-state index in [-0.39, 0.29) is 5.97 Å².